The predicted octanol–water partition coefficient (Wildman–Crippen LogP) is 4.84. The summed E-state index contributed by atoms with van der Waals surface area (Å²) in [6.45, 7) is 0.658. The minimum Gasteiger partial charge on any atom is -0.493 e. The highest BCUT2D eigenvalue weighted by molar-refractivity contribution is 6.31. The molecule has 0 radical (unpaired) electrons. The van der Waals surface area contributed by atoms with Gasteiger partial charge < -0.3 is 20.1 Å². The van der Waals surface area contributed by atoms with Crippen molar-refractivity contribution in [3.8, 4) is 11.5 Å². The van der Waals surface area contributed by atoms with Gasteiger partial charge in [0.25, 0.3) is 5.91 Å². The van der Waals surface area contributed by atoms with Crippen LogP contribution in [0.1, 0.15) is 44.1 Å². The Balaban J connectivity index is 0.000000207. The zero-order valence-corrected chi connectivity index (χ0v) is 20.2. The van der Waals surface area contributed by atoms with Gasteiger partial charge in [0.05, 0.1) is 11.6 Å². The van der Waals surface area contributed by atoms with Crippen molar-refractivity contribution in [1.29, 1.82) is 0 Å². The summed E-state index contributed by atoms with van der Waals surface area (Å²) in [7, 11) is 0. The van der Waals surface area contributed by atoms with Crippen molar-refractivity contribution in [1.82, 2.24) is 10.6 Å². The van der Waals surface area contributed by atoms with E-state index in [1.807, 2.05) is 18.2 Å². The molecule has 6 nitrogen and oxygen atoms in total. The Morgan fingerprint density at radius 3 is 2.62 bits per heavy atom. The standard InChI is InChI=1S/C16H18ClFN2O3.C9H9ClO/c17-12-2-1-11(7-13(12)18)23-8-14(22)20-16-5-3-15(9-16,4-6-16)19-10-21;10-8-3-4-9-7(6-8)2-1-5-11-9/h1-2,7,10H,3-6,8-9H2,(H,19,21)(H,20,22);3-4,6H,1-2,5H2. The largest absolute Gasteiger partial charge is 0.493 e. The van der Waals surface area contributed by atoms with Crippen molar-refractivity contribution in [3.63, 3.8) is 0 Å². The fraction of sp³-hybridized carbons (Fsp3) is 0.440. The number of benzene rings is 2. The van der Waals surface area contributed by atoms with E-state index in [9.17, 15) is 14.0 Å². The fourth-order valence-corrected chi connectivity index (χ4v) is 5.39. The zero-order valence-electron chi connectivity index (χ0n) is 18.7. The molecule has 0 atom stereocenters. The molecular formula is C25H27Cl2FN2O4. The third-order valence-electron chi connectivity index (χ3n) is 6.74. The van der Waals surface area contributed by atoms with Crippen LogP contribution < -0.4 is 20.1 Å². The molecule has 34 heavy (non-hydrogen) atoms. The molecule has 2 aromatic rings. The second kappa shape index (κ2) is 10.4. The topological polar surface area (TPSA) is 76.7 Å². The average Bonchev–Trinajstić information content (AvgIpc) is 3.35. The number of carbonyl (C=O) groups excluding carboxylic acids is 2. The minimum absolute atomic E-state index is 0.0108. The summed E-state index contributed by atoms with van der Waals surface area (Å²) in [5, 5.41) is 6.73. The maximum atomic E-state index is 13.3. The molecule has 3 aliphatic rings. The summed E-state index contributed by atoms with van der Waals surface area (Å²) in [4.78, 5) is 22.8. The van der Waals surface area contributed by atoms with Crippen molar-refractivity contribution >= 4 is 35.5 Å². The van der Waals surface area contributed by atoms with Gasteiger partial charge in [-0.3, -0.25) is 9.59 Å². The molecule has 9 heteroatoms. The fourth-order valence-electron chi connectivity index (χ4n) is 5.07. The van der Waals surface area contributed by atoms with Gasteiger partial charge >= 0.3 is 0 Å². The smallest absolute Gasteiger partial charge is 0.258 e. The maximum absolute atomic E-state index is 13.3. The van der Waals surface area contributed by atoms with Gasteiger partial charge in [-0.25, -0.2) is 4.39 Å². The molecule has 2 fully saturated rings. The summed E-state index contributed by atoms with van der Waals surface area (Å²) < 4.78 is 24.0. The normalized spacial score (nSPS) is 24.2. The lowest BCUT2D eigenvalue weighted by molar-refractivity contribution is -0.125. The van der Waals surface area contributed by atoms with E-state index in [0.717, 1.165) is 74.8 Å². The van der Waals surface area contributed by atoms with Crippen LogP contribution in [0.25, 0.3) is 0 Å². The van der Waals surface area contributed by atoms with E-state index in [1.165, 1.54) is 17.7 Å². The highest BCUT2D eigenvalue weighted by Gasteiger charge is 2.54. The van der Waals surface area contributed by atoms with Crippen LogP contribution in [0.3, 0.4) is 0 Å². The molecule has 2 aromatic carbocycles. The number of fused-ring (bicyclic) bond motifs is 3. The molecule has 2 aliphatic carbocycles. The molecule has 2 bridgehead atoms. The molecular weight excluding hydrogens is 482 g/mol. The number of carbonyl (C=O) groups is 2. The summed E-state index contributed by atoms with van der Waals surface area (Å²) in [5.41, 5.74) is 0.806. The van der Waals surface area contributed by atoms with Gasteiger partial charge in [0.2, 0.25) is 6.41 Å². The number of amides is 2. The van der Waals surface area contributed by atoms with Crippen LogP contribution in [0.15, 0.2) is 36.4 Å². The van der Waals surface area contributed by atoms with Crippen LogP contribution in [0.5, 0.6) is 11.5 Å². The maximum Gasteiger partial charge on any atom is 0.258 e. The van der Waals surface area contributed by atoms with E-state index in [0.29, 0.717) is 0 Å². The molecule has 2 amide bonds. The van der Waals surface area contributed by atoms with Crippen LogP contribution in [0, 0.1) is 5.82 Å². The first kappa shape index (κ1) is 24.6. The van der Waals surface area contributed by atoms with E-state index in [1.54, 1.807) is 0 Å². The molecule has 0 saturated heterocycles. The first-order valence-electron chi connectivity index (χ1n) is 11.3. The number of nitrogens with one attached hydrogen (secondary N) is 2. The highest BCUT2D eigenvalue weighted by Crippen LogP contribution is 2.50. The zero-order chi connectivity index (χ0) is 24.2. The van der Waals surface area contributed by atoms with Crippen molar-refractivity contribution in [2.45, 2.75) is 56.0 Å². The number of ether oxygens (including phenoxy) is 2. The van der Waals surface area contributed by atoms with Gasteiger partial charge in [0, 0.05) is 22.2 Å². The van der Waals surface area contributed by atoms with Gasteiger partial charge in [-0.2, -0.15) is 0 Å². The number of halogens is 3. The molecule has 0 unspecified atom stereocenters. The summed E-state index contributed by atoms with van der Waals surface area (Å²) in [5.74, 6) is 0.429. The lowest BCUT2D eigenvalue weighted by Gasteiger charge is -2.28. The van der Waals surface area contributed by atoms with Crippen molar-refractivity contribution in [2.75, 3.05) is 13.2 Å². The third-order valence-corrected chi connectivity index (χ3v) is 7.28. The molecule has 1 aliphatic heterocycles. The number of hydrogen-bond donors (Lipinski definition) is 2. The summed E-state index contributed by atoms with van der Waals surface area (Å²) >= 11 is 11.4. The average molecular weight is 509 g/mol. The lowest BCUT2D eigenvalue weighted by atomic mass is 9.91. The first-order chi connectivity index (χ1) is 16.3. The van der Waals surface area contributed by atoms with Crippen molar-refractivity contribution in [2.24, 2.45) is 0 Å². The van der Waals surface area contributed by atoms with Gasteiger partial charge in [0.1, 0.15) is 17.3 Å². The minimum atomic E-state index is -0.584. The van der Waals surface area contributed by atoms with Gasteiger partial charge in [0.15, 0.2) is 6.61 Å². The van der Waals surface area contributed by atoms with Gasteiger partial charge in [-0.05, 0) is 80.8 Å². The van der Waals surface area contributed by atoms with Crippen LogP contribution in [0.2, 0.25) is 10.0 Å². The van der Waals surface area contributed by atoms with Gasteiger partial charge in [-0.1, -0.05) is 23.2 Å². The Morgan fingerprint density at radius 1 is 1.12 bits per heavy atom. The molecule has 2 saturated carbocycles. The summed E-state index contributed by atoms with van der Waals surface area (Å²) in [6, 6.07) is 9.84. The van der Waals surface area contributed by atoms with E-state index >= 15 is 0 Å². The monoisotopic (exact) mass is 508 g/mol. The SMILES string of the molecule is Clc1ccc2c(c1)CCCO2.O=CNC12CCC(NC(=O)COc3ccc(Cl)c(F)c3)(CC1)C2. The molecule has 1 heterocycles. The van der Waals surface area contributed by atoms with Crippen LogP contribution in [-0.4, -0.2) is 36.6 Å². The molecule has 5 rings (SSSR count). The van der Waals surface area contributed by atoms with E-state index in [-0.39, 0.29) is 34.4 Å². The van der Waals surface area contributed by atoms with Crippen LogP contribution >= 0.6 is 23.2 Å². The Labute approximate surface area is 208 Å². The number of hydrogen-bond acceptors (Lipinski definition) is 4. The van der Waals surface area contributed by atoms with Crippen LogP contribution in [-0.2, 0) is 16.0 Å². The number of aryl methyl sites for hydroxylation is 1. The van der Waals surface area contributed by atoms with Crippen molar-refractivity contribution < 1.29 is 23.5 Å². The quantitative estimate of drug-likeness (QED) is 0.547. The van der Waals surface area contributed by atoms with E-state index in [4.69, 9.17) is 32.7 Å². The highest BCUT2D eigenvalue weighted by atomic mass is 35.5. The third kappa shape index (κ3) is 5.76. The second-order valence-corrected chi connectivity index (χ2v) is 9.96. The second-order valence-electron chi connectivity index (χ2n) is 9.12. The lowest BCUT2D eigenvalue weighted by Crippen LogP contribution is -2.47. The molecule has 0 aromatic heterocycles. The van der Waals surface area contributed by atoms with E-state index in [2.05, 4.69) is 10.6 Å². The van der Waals surface area contributed by atoms with Crippen molar-refractivity contribution in [3.05, 3.63) is 57.8 Å². The Kier molecular flexibility index (Phi) is 7.53. The Hall–Kier alpha value is -2.51. The first-order valence-corrected chi connectivity index (χ1v) is 12.1. The van der Waals surface area contributed by atoms with Gasteiger partial charge in [-0.15, -0.1) is 0 Å². The molecule has 182 valence electrons. The van der Waals surface area contributed by atoms with E-state index < -0.39 is 5.82 Å². The molecule has 2 N–H and O–H groups in total. The Morgan fingerprint density at radius 2 is 1.88 bits per heavy atom. The molecule has 0 spiro atoms. The Bertz CT molecular complexity index is 1060. The predicted molar refractivity (Wildman–Crippen MR) is 128 cm³/mol. The summed E-state index contributed by atoms with van der Waals surface area (Å²) in [6.07, 6.45) is 7.11. The van der Waals surface area contributed by atoms with Crippen LogP contribution in [0.4, 0.5) is 4.39 Å². The number of rotatable bonds is 6.